The molecule has 2 aromatic carbocycles. The molecule has 2 aliphatic rings. The van der Waals surface area contributed by atoms with Gasteiger partial charge in [-0.15, -0.1) is 0 Å². The van der Waals surface area contributed by atoms with Crippen LogP contribution in [0.25, 0.3) is 0 Å². The van der Waals surface area contributed by atoms with E-state index in [0.717, 1.165) is 0 Å². The van der Waals surface area contributed by atoms with Crippen molar-refractivity contribution in [1.82, 2.24) is 0 Å². The number of phenolic OH excluding ortho intramolecular Hbond substituents is 2. The van der Waals surface area contributed by atoms with E-state index in [1.807, 2.05) is 0 Å². The Bertz CT molecular complexity index is 1120. The average molecular weight is 569 g/mol. The molecule has 40 heavy (non-hydrogen) atoms. The van der Waals surface area contributed by atoms with Crippen molar-refractivity contribution in [1.29, 1.82) is 0 Å². The largest absolute Gasteiger partial charge is 0.504 e. The number of benzene rings is 2. The van der Waals surface area contributed by atoms with Crippen molar-refractivity contribution in [3.63, 3.8) is 0 Å². The Morgan fingerprint density at radius 3 is 2.08 bits per heavy atom. The summed E-state index contributed by atoms with van der Waals surface area (Å²) in [6.45, 7) is -0.932. The van der Waals surface area contributed by atoms with Crippen LogP contribution in [-0.2, 0) is 14.2 Å². The molecule has 13 nitrogen and oxygen atoms in total. The molecule has 7 N–H and O–H groups in total. The average Bonchev–Trinajstić information content (AvgIpc) is 3.40. The summed E-state index contributed by atoms with van der Waals surface area (Å²) in [5, 5.41) is 71.8. The molecule has 0 bridgehead atoms. The maximum Gasteiger partial charge on any atom is 0.200 e. The van der Waals surface area contributed by atoms with Gasteiger partial charge in [-0.05, 0) is 35.4 Å². The van der Waals surface area contributed by atoms with Gasteiger partial charge in [-0.3, -0.25) is 0 Å². The van der Waals surface area contributed by atoms with Crippen LogP contribution in [0.4, 0.5) is 0 Å². The van der Waals surface area contributed by atoms with Crippen LogP contribution in [0.5, 0.6) is 28.7 Å². The summed E-state index contributed by atoms with van der Waals surface area (Å²) in [5.41, 5.74) is 1.03. The Balaban J connectivity index is 1.72. The smallest absolute Gasteiger partial charge is 0.200 e. The predicted octanol–water partition coefficient (Wildman–Crippen LogP) is -0.0226. The van der Waals surface area contributed by atoms with Crippen molar-refractivity contribution in [3.8, 4) is 28.7 Å². The van der Waals surface area contributed by atoms with Crippen LogP contribution in [0.3, 0.4) is 0 Å². The third kappa shape index (κ3) is 5.64. The molecular formula is C27H36O13. The van der Waals surface area contributed by atoms with Gasteiger partial charge in [0.15, 0.2) is 29.3 Å². The van der Waals surface area contributed by atoms with Crippen molar-refractivity contribution in [3.05, 3.63) is 41.5 Å². The summed E-state index contributed by atoms with van der Waals surface area (Å²) in [5.74, 6) is -1.06. The molecule has 0 aliphatic carbocycles. The minimum absolute atomic E-state index is 0.0622. The molecule has 0 saturated carbocycles. The zero-order valence-corrected chi connectivity index (χ0v) is 22.3. The van der Waals surface area contributed by atoms with Gasteiger partial charge in [0, 0.05) is 18.4 Å². The lowest BCUT2D eigenvalue weighted by Gasteiger charge is -2.42. The van der Waals surface area contributed by atoms with Gasteiger partial charge in [-0.25, -0.2) is 0 Å². The number of rotatable bonds is 10. The zero-order valence-electron chi connectivity index (χ0n) is 22.3. The fourth-order valence-corrected chi connectivity index (χ4v) is 5.27. The van der Waals surface area contributed by atoms with Crippen molar-refractivity contribution in [2.24, 2.45) is 11.8 Å². The molecule has 2 heterocycles. The fraction of sp³-hybridized carbons (Fsp3) is 0.556. The molecule has 2 saturated heterocycles. The van der Waals surface area contributed by atoms with Gasteiger partial charge in [-0.1, -0.05) is 6.07 Å². The Morgan fingerprint density at radius 1 is 0.850 bits per heavy atom. The molecule has 9 unspecified atom stereocenters. The monoisotopic (exact) mass is 568 g/mol. The summed E-state index contributed by atoms with van der Waals surface area (Å²) in [6, 6.07) is 7.64. The highest BCUT2D eigenvalue weighted by atomic mass is 16.7. The molecule has 0 spiro atoms. The van der Waals surface area contributed by atoms with E-state index in [9.17, 15) is 35.7 Å². The van der Waals surface area contributed by atoms with E-state index in [1.54, 1.807) is 18.2 Å². The van der Waals surface area contributed by atoms with Crippen LogP contribution in [0.15, 0.2) is 30.3 Å². The highest BCUT2D eigenvalue weighted by Crippen LogP contribution is 2.49. The molecule has 2 aromatic rings. The molecule has 0 radical (unpaired) electrons. The Hall–Kier alpha value is -2.88. The molecule has 9 atom stereocenters. The molecule has 2 aliphatic heterocycles. The lowest BCUT2D eigenvalue weighted by atomic mass is 9.82. The number of aliphatic hydroxyl groups excluding tert-OH is 5. The zero-order chi connectivity index (χ0) is 29.1. The maximum absolute atomic E-state index is 10.7. The molecule has 4 rings (SSSR count). The van der Waals surface area contributed by atoms with E-state index in [-0.39, 0.29) is 42.0 Å². The van der Waals surface area contributed by atoms with Gasteiger partial charge >= 0.3 is 0 Å². The summed E-state index contributed by atoms with van der Waals surface area (Å²) in [6.07, 6.45) is -9.24. The number of ether oxygens (including phenoxy) is 6. The van der Waals surface area contributed by atoms with Crippen LogP contribution >= 0.6 is 0 Å². The summed E-state index contributed by atoms with van der Waals surface area (Å²) in [7, 11) is 4.16. The lowest BCUT2D eigenvalue weighted by molar-refractivity contribution is -0.317. The van der Waals surface area contributed by atoms with Crippen molar-refractivity contribution in [2.75, 3.05) is 41.2 Å². The SMILES string of the molecule is COc1cc(C(OC2OC(CO)C(O)C(O)C2O)C2COC(c3cc(OC)c(O)c(OC)c3)C2CO)ccc1O. The van der Waals surface area contributed by atoms with Crippen molar-refractivity contribution >= 4 is 0 Å². The first-order chi connectivity index (χ1) is 19.2. The number of phenols is 2. The van der Waals surface area contributed by atoms with Gasteiger partial charge < -0.3 is 64.2 Å². The van der Waals surface area contributed by atoms with Gasteiger partial charge in [0.1, 0.15) is 24.4 Å². The predicted molar refractivity (Wildman–Crippen MR) is 136 cm³/mol. The third-order valence-electron chi connectivity index (χ3n) is 7.50. The van der Waals surface area contributed by atoms with E-state index in [0.29, 0.717) is 11.1 Å². The second-order valence-corrected chi connectivity index (χ2v) is 9.72. The van der Waals surface area contributed by atoms with E-state index >= 15 is 0 Å². The van der Waals surface area contributed by atoms with Crippen LogP contribution in [-0.4, -0.2) is 108 Å². The van der Waals surface area contributed by atoms with Crippen molar-refractivity contribution < 1.29 is 64.2 Å². The Labute approximate surface area is 230 Å². The topological polar surface area (TPSA) is 197 Å². The number of aliphatic hydroxyl groups is 5. The van der Waals surface area contributed by atoms with E-state index in [2.05, 4.69) is 0 Å². The van der Waals surface area contributed by atoms with Crippen LogP contribution in [0.1, 0.15) is 23.3 Å². The Kier molecular flexibility index (Phi) is 9.59. The van der Waals surface area contributed by atoms with Gasteiger partial charge in [0.05, 0.1) is 46.8 Å². The fourth-order valence-electron chi connectivity index (χ4n) is 5.27. The minimum Gasteiger partial charge on any atom is -0.504 e. The minimum atomic E-state index is -1.67. The second-order valence-electron chi connectivity index (χ2n) is 9.72. The Morgan fingerprint density at radius 2 is 1.50 bits per heavy atom. The first-order valence-corrected chi connectivity index (χ1v) is 12.7. The maximum atomic E-state index is 10.7. The first-order valence-electron chi connectivity index (χ1n) is 12.7. The van der Waals surface area contributed by atoms with Crippen molar-refractivity contribution in [2.45, 2.75) is 42.9 Å². The highest BCUT2D eigenvalue weighted by molar-refractivity contribution is 5.53. The van der Waals surface area contributed by atoms with Gasteiger partial charge in [0.25, 0.3) is 0 Å². The number of hydrogen-bond donors (Lipinski definition) is 7. The molecular weight excluding hydrogens is 532 g/mol. The van der Waals surface area contributed by atoms with Crippen LogP contribution < -0.4 is 14.2 Å². The lowest BCUT2D eigenvalue weighted by Crippen LogP contribution is -2.59. The quantitative estimate of drug-likeness (QED) is 0.202. The number of hydrogen-bond acceptors (Lipinski definition) is 13. The first kappa shape index (κ1) is 30.1. The number of aromatic hydroxyl groups is 2. The van der Waals surface area contributed by atoms with E-state index in [1.165, 1.54) is 33.5 Å². The summed E-state index contributed by atoms with van der Waals surface area (Å²) >= 11 is 0. The highest BCUT2D eigenvalue weighted by Gasteiger charge is 2.49. The molecule has 0 aromatic heterocycles. The molecule has 0 amide bonds. The van der Waals surface area contributed by atoms with Crippen LogP contribution in [0.2, 0.25) is 0 Å². The van der Waals surface area contributed by atoms with Crippen LogP contribution in [0, 0.1) is 11.8 Å². The summed E-state index contributed by atoms with van der Waals surface area (Å²) in [4.78, 5) is 0. The van der Waals surface area contributed by atoms with E-state index < -0.39 is 61.4 Å². The molecule has 13 heteroatoms. The van der Waals surface area contributed by atoms with Gasteiger partial charge in [0.2, 0.25) is 5.75 Å². The molecule has 222 valence electrons. The normalized spacial score (nSPS) is 31.1. The number of methoxy groups -OCH3 is 3. The second kappa shape index (κ2) is 12.7. The third-order valence-corrected chi connectivity index (χ3v) is 7.50. The molecule has 2 fully saturated rings. The summed E-state index contributed by atoms with van der Waals surface area (Å²) < 4.78 is 33.7. The van der Waals surface area contributed by atoms with E-state index in [4.69, 9.17) is 28.4 Å². The van der Waals surface area contributed by atoms with Gasteiger partial charge in [-0.2, -0.15) is 0 Å². The standard InChI is InChI=1S/C27H36O13/c1-35-17-6-12(4-5-16(17)30)26(40-27-24(34)23(33)22(32)20(10-29)39-27)15-11-38-25(14(15)9-28)13-7-18(36-2)21(31)19(8-13)37-3/h4-8,14-15,20,22-34H,9-11H2,1-3H3.